The minimum atomic E-state index is -0.435. The number of carbonyl (C=O) groups is 1. The lowest BCUT2D eigenvalue weighted by atomic mass is 10.1. The van der Waals surface area contributed by atoms with Crippen LogP contribution in [0.2, 0.25) is 0 Å². The summed E-state index contributed by atoms with van der Waals surface area (Å²) in [6, 6.07) is 15.1. The van der Waals surface area contributed by atoms with E-state index in [-0.39, 0.29) is 0 Å². The number of hydrogen-bond acceptors (Lipinski definition) is 9. The van der Waals surface area contributed by atoms with Crippen LogP contribution < -0.4 is 25.6 Å². The number of nitrogen functional groups attached to an aromatic ring is 1. The Morgan fingerprint density at radius 3 is 2.34 bits per heavy atom. The number of para-hydroxylation sites is 1. The quantitative estimate of drug-likeness (QED) is 0.566. The molecule has 9 nitrogen and oxygen atoms in total. The Bertz CT molecular complexity index is 1080. The molecule has 2 heterocycles. The first-order chi connectivity index (χ1) is 15.6. The van der Waals surface area contributed by atoms with Crippen LogP contribution in [0.15, 0.2) is 54.9 Å². The van der Waals surface area contributed by atoms with E-state index >= 15 is 0 Å². The van der Waals surface area contributed by atoms with Crippen LogP contribution in [0.4, 0.5) is 28.7 Å². The molecule has 1 fully saturated rings. The monoisotopic (exact) mass is 434 g/mol. The van der Waals surface area contributed by atoms with E-state index in [1.807, 2.05) is 18.2 Å². The Balaban J connectivity index is 1.48. The third-order valence-corrected chi connectivity index (χ3v) is 5.47. The fourth-order valence-electron chi connectivity index (χ4n) is 3.72. The van der Waals surface area contributed by atoms with Crippen LogP contribution in [0, 0.1) is 0 Å². The van der Waals surface area contributed by atoms with Crippen molar-refractivity contribution in [1.29, 1.82) is 0 Å². The fourth-order valence-corrected chi connectivity index (χ4v) is 3.72. The van der Waals surface area contributed by atoms with Crippen LogP contribution in [0.25, 0.3) is 0 Å². The molecule has 166 valence electrons. The van der Waals surface area contributed by atoms with Crippen molar-refractivity contribution in [3.8, 4) is 5.75 Å². The summed E-state index contributed by atoms with van der Waals surface area (Å²) in [6.45, 7) is 3.21. The fraction of sp³-hybridized carbons (Fsp3) is 0.261. The molecule has 1 aliphatic heterocycles. The Kier molecular flexibility index (Phi) is 6.25. The number of benzene rings is 2. The van der Waals surface area contributed by atoms with Crippen LogP contribution in [0.3, 0.4) is 0 Å². The predicted octanol–water partition coefficient (Wildman–Crippen LogP) is 2.92. The first-order valence-corrected chi connectivity index (χ1v) is 10.3. The zero-order chi connectivity index (χ0) is 22.5. The summed E-state index contributed by atoms with van der Waals surface area (Å²) in [5.41, 5.74) is 8.99. The van der Waals surface area contributed by atoms with E-state index in [0.29, 0.717) is 28.6 Å². The van der Waals surface area contributed by atoms with Crippen LogP contribution in [-0.2, 0) is 4.74 Å². The summed E-state index contributed by atoms with van der Waals surface area (Å²) >= 11 is 0. The van der Waals surface area contributed by atoms with Crippen molar-refractivity contribution in [2.24, 2.45) is 0 Å². The maximum absolute atomic E-state index is 12.1. The van der Waals surface area contributed by atoms with Crippen molar-refractivity contribution in [1.82, 2.24) is 9.97 Å². The van der Waals surface area contributed by atoms with Crippen molar-refractivity contribution in [2.75, 3.05) is 61.2 Å². The number of piperazine rings is 1. The van der Waals surface area contributed by atoms with E-state index in [9.17, 15) is 4.79 Å². The largest absolute Gasteiger partial charge is 0.497 e. The molecular formula is C23H26N6O3. The minimum absolute atomic E-state index is 0.405. The number of nitrogens with two attached hydrogens (primary N) is 1. The number of methoxy groups -OCH3 is 2. The first-order valence-electron chi connectivity index (χ1n) is 10.3. The van der Waals surface area contributed by atoms with Crippen molar-refractivity contribution in [3.05, 3.63) is 60.4 Å². The van der Waals surface area contributed by atoms with Crippen molar-refractivity contribution < 1.29 is 14.3 Å². The lowest BCUT2D eigenvalue weighted by Gasteiger charge is -2.37. The highest BCUT2D eigenvalue weighted by atomic mass is 16.5. The Hall–Kier alpha value is -4.01. The molecule has 3 aromatic rings. The molecule has 0 radical (unpaired) electrons. The third kappa shape index (κ3) is 4.36. The second kappa shape index (κ2) is 9.42. The van der Waals surface area contributed by atoms with Gasteiger partial charge in [-0.15, -0.1) is 0 Å². The van der Waals surface area contributed by atoms with Gasteiger partial charge in [-0.2, -0.15) is 0 Å². The molecule has 0 aliphatic carbocycles. The van der Waals surface area contributed by atoms with Crippen LogP contribution in [-0.4, -0.2) is 56.3 Å². The molecule has 1 aliphatic rings. The normalized spacial score (nSPS) is 13.6. The number of ether oxygens (including phenoxy) is 2. The lowest BCUT2D eigenvalue weighted by Crippen LogP contribution is -2.47. The van der Waals surface area contributed by atoms with Gasteiger partial charge in [-0.05, 0) is 36.4 Å². The molecular weight excluding hydrogens is 408 g/mol. The van der Waals surface area contributed by atoms with Gasteiger partial charge in [0.2, 0.25) is 0 Å². The van der Waals surface area contributed by atoms with E-state index in [1.54, 1.807) is 25.3 Å². The van der Waals surface area contributed by atoms with Gasteiger partial charge >= 0.3 is 5.97 Å². The first kappa shape index (κ1) is 21.2. The molecule has 4 rings (SSSR count). The van der Waals surface area contributed by atoms with E-state index in [2.05, 4.69) is 37.2 Å². The molecule has 0 bridgehead atoms. The molecule has 2 aromatic carbocycles. The lowest BCUT2D eigenvalue weighted by molar-refractivity contribution is 0.0602. The average molecular weight is 435 g/mol. The molecule has 0 unspecified atom stereocenters. The molecule has 9 heteroatoms. The SMILES string of the molecule is COC(=O)c1ccccc1Nc1ncnc(N2CCN(c3ccc(OC)cc3)CC2)c1N. The number of esters is 1. The topological polar surface area (TPSA) is 106 Å². The van der Waals surface area contributed by atoms with Gasteiger partial charge in [0.25, 0.3) is 0 Å². The minimum Gasteiger partial charge on any atom is -0.497 e. The van der Waals surface area contributed by atoms with Crippen molar-refractivity contribution >= 4 is 34.7 Å². The predicted molar refractivity (Wildman–Crippen MR) is 125 cm³/mol. The van der Waals surface area contributed by atoms with E-state index < -0.39 is 5.97 Å². The molecule has 3 N–H and O–H groups in total. The molecule has 1 saturated heterocycles. The Labute approximate surface area is 186 Å². The van der Waals surface area contributed by atoms with E-state index in [4.69, 9.17) is 15.2 Å². The highest BCUT2D eigenvalue weighted by Crippen LogP contribution is 2.31. The standard InChI is InChI=1S/C23H26N6O3/c1-31-17-9-7-16(8-10-17)28-11-13-29(14-12-28)22-20(24)21(25-15-26-22)27-19-6-4-3-5-18(19)23(30)32-2/h3-10,15H,11-14,24H2,1-2H3,(H,25,26,27). The molecule has 0 atom stereocenters. The average Bonchev–Trinajstić information content (AvgIpc) is 2.85. The smallest absolute Gasteiger partial charge is 0.339 e. The van der Waals surface area contributed by atoms with Gasteiger partial charge in [0.15, 0.2) is 11.6 Å². The van der Waals surface area contributed by atoms with Gasteiger partial charge in [-0.3, -0.25) is 0 Å². The number of carbonyl (C=O) groups excluding carboxylic acids is 1. The summed E-state index contributed by atoms with van der Waals surface area (Å²) in [5.74, 6) is 1.53. The van der Waals surface area contributed by atoms with Gasteiger partial charge in [0.1, 0.15) is 17.8 Å². The zero-order valence-electron chi connectivity index (χ0n) is 18.1. The summed E-state index contributed by atoms with van der Waals surface area (Å²) < 4.78 is 10.1. The number of hydrogen-bond donors (Lipinski definition) is 2. The molecule has 1 aromatic heterocycles. The number of aromatic nitrogens is 2. The number of nitrogens with zero attached hydrogens (tertiary/aromatic N) is 4. The third-order valence-electron chi connectivity index (χ3n) is 5.47. The number of anilines is 5. The summed E-state index contributed by atoms with van der Waals surface area (Å²) in [5, 5.41) is 3.16. The van der Waals surface area contributed by atoms with Crippen molar-refractivity contribution in [3.63, 3.8) is 0 Å². The Morgan fingerprint density at radius 1 is 0.969 bits per heavy atom. The van der Waals surface area contributed by atoms with Crippen LogP contribution in [0.1, 0.15) is 10.4 Å². The maximum Gasteiger partial charge on any atom is 0.339 e. The van der Waals surface area contributed by atoms with Gasteiger partial charge in [0.05, 0.1) is 25.5 Å². The maximum atomic E-state index is 12.1. The van der Waals surface area contributed by atoms with Gasteiger partial charge < -0.3 is 30.3 Å². The van der Waals surface area contributed by atoms with Gasteiger partial charge in [0, 0.05) is 31.9 Å². The molecule has 0 spiro atoms. The highest BCUT2D eigenvalue weighted by molar-refractivity contribution is 5.97. The second-order valence-corrected chi connectivity index (χ2v) is 7.29. The zero-order valence-corrected chi connectivity index (χ0v) is 18.1. The molecule has 0 amide bonds. The highest BCUT2D eigenvalue weighted by Gasteiger charge is 2.22. The van der Waals surface area contributed by atoms with Gasteiger partial charge in [-0.1, -0.05) is 12.1 Å². The van der Waals surface area contributed by atoms with Gasteiger partial charge in [-0.25, -0.2) is 14.8 Å². The number of rotatable bonds is 6. The number of nitrogens with one attached hydrogen (secondary N) is 1. The van der Waals surface area contributed by atoms with E-state index in [1.165, 1.54) is 13.4 Å². The van der Waals surface area contributed by atoms with E-state index in [0.717, 1.165) is 37.6 Å². The van der Waals surface area contributed by atoms with Crippen molar-refractivity contribution in [2.45, 2.75) is 0 Å². The summed E-state index contributed by atoms with van der Waals surface area (Å²) in [7, 11) is 3.01. The molecule has 32 heavy (non-hydrogen) atoms. The van der Waals surface area contributed by atoms with Crippen LogP contribution in [0.5, 0.6) is 5.75 Å². The molecule has 0 saturated carbocycles. The summed E-state index contributed by atoms with van der Waals surface area (Å²) in [4.78, 5) is 25.2. The van der Waals surface area contributed by atoms with Crippen LogP contribution >= 0.6 is 0 Å². The Morgan fingerprint density at radius 2 is 1.66 bits per heavy atom. The summed E-state index contributed by atoms with van der Waals surface area (Å²) in [6.07, 6.45) is 1.48. The second-order valence-electron chi connectivity index (χ2n) is 7.29.